The maximum atomic E-state index is 12.6. The average molecular weight is 244 g/mol. The van der Waals surface area contributed by atoms with Crippen LogP contribution in [0.5, 0.6) is 0 Å². The zero-order valence-electron chi connectivity index (χ0n) is 10.9. The minimum atomic E-state index is 0.206. The number of aryl methyl sites for hydroxylation is 1. The van der Waals surface area contributed by atoms with Crippen LogP contribution in [0.25, 0.3) is 0 Å². The zero-order chi connectivity index (χ0) is 12.5. The van der Waals surface area contributed by atoms with Crippen molar-refractivity contribution < 1.29 is 4.79 Å². The molecule has 3 rings (SSSR count). The van der Waals surface area contributed by atoms with Crippen LogP contribution in [0.3, 0.4) is 0 Å². The van der Waals surface area contributed by atoms with Crippen molar-refractivity contribution in [2.45, 2.75) is 38.3 Å². The largest absolute Gasteiger partial charge is 0.333 e. The van der Waals surface area contributed by atoms with Crippen molar-refractivity contribution in [3.8, 4) is 0 Å². The molecule has 2 unspecified atom stereocenters. The number of hydrogen-bond acceptors (Lipinski definition) is 2. The van der Waals surface area contributed by atoms with Gasteiger partial charge in [0.05, 0.1) is 0 Å². The zero-order valence-corrected chi connectivity index (χ0v) is 10.9. The van der Waals surface area contributed by atoms with Gasteiger partial charge in [-0.1, -0.05) is 17.7 Å². The van der Waals surface area contributed by atoms with E-state index in [0.29, 0.717) is 12.1 Å². The third-order valence-electron chi connectivity index (χ3n) is 4.16. The molecule has 3 heteroatoms. The van der Waals surface area contributed by atoms with Crippen molar-refractivity contribution in [2.24, 2.45) is 0 Å². The molecule has 1 heterocycles. The normalized spacial score (nSPS) is 27.1. The van der Waals surface area contributed by atoms with Gasteiger partial charge in [-0.25, -0.2) is 0 Å². The summed E-state index contributed by atoms with van der Waals surface area (Å²) in [7, 11) is 0. The Morgan fingerprint density at radius 1 is 1.39 bits per heavy atom. The first-order valence-electron chi connectivity index (χ1n) is 6.87. The topological polar surface area (TPSA) is 32.3 Å². The molecule has 0 radical (unpaired) electrons. The molecule has 2 aliphatic rings. The molecule has 1 aliphatic carbocycles. The van der Waals surface area contributed by atoms with Gasteiger partial charge in [-0.15, -0.1) is 0 Å². The van der Waals surface area contributed by atoms with E-state index in [1.54, 1.807) is 0 Å². The van der Waals surface area contributed by atoms with Crippen LogP contribution in [0.4, 0.5) is 0 Å². The summed E-state index contributed by atoms with van der Waals surface area (Å²) < 4.78 is 0. The van der Waals surface area contributed by atoms with E-state index in [-0.39, 0.29) is 5.91 Å². The monoisotopic (exact) mass is 244 g/mol. The summed E-state index contributed by atoms with van der Waals surface area (Å²) in [5, 5.41) is 3.53. The molecule has 18 heavy (non-hydrogen) atoms. The van der Waals surface area contributed by atoms with Crippen LogP contribution in [0.15, 0.2) is 24.3 Å². The molecule has 1 N–H and O–H groups in total. The van der Waals surface area contributed by atoms with Crippen LogP contribution < -0.4 is 5.32 Å². The van der Waals surface area contributed by atoms with Crippen molar-refractivity contribution in [1.29, 1.82) is 0 Å². The molecule has 1 aromatic rings. The first-order valence-corrected chi connectivity index (χ1v) is 6.87. The lowest BCUT2D eigenvalue weighted by atomic mass is 10.0. The van der Waals surface area contributed by atoms with Gasteiger partial charge in [-0.3, -0.25) is 4.79 Å². The highest BCUT2D eigenvalue weighted by Crippen LogP contribution is 2.27. The van der Waals surface area contributed by atoms with Crippen LogP contribution in [0, 0.1) is 6.92 Å². The van der Waals surface area contributed by atoms with Crippen LogP contribution >= 0.6 is 0 Å². The van der Waals surface area contributed by atoms with E-state index in [2.05, 4.69) is 10.2 Å². The van der Waals surface area contributed by atoms with Gasteiger partial charge in [0.1, 0.15) is 0 Å². The third-order valence-corrected chi connectivity index (χ3v) is 4.16. The average Bonchev–Trinajstić information content (AvgIpc) is 2.86. The summed E-state index contributed by atoms with van der Waals surface area (Å²) >= 11 is 0. The molecule has 0 spiro atoms. The molecular formula is C15H20N2O. The fourth-order valence-electron chi connectivity index (χ4n) is 3.28. The number of nitrogens with one attached hydrogen (secondary N) is 1. The van der Waals surface area contributed by atoms with E-state index in [1.165, 1.54) is 12.8 Å². The quantitative estimate of drug-likeness (QED) is 0.819. The lowest BCUT2D eigenvalue weighted by Gasteiger charge is -2.38. The van der Waals surface area contributed by atoms with E-state index in [1.807, 2.05) is 31.2 Å². The first-order chi connectivity index (χ1) is 8.75. The molecule has 1 aliphatic heterocycles. The fraction of sp³-hybridized carbons (Fsp3) is 0.533. The SMILES string of the molecule is Cc1cccc(C(=O)N2CCNC3CCCC32)c1. The highest BCUT2D eigenvalue weighted by Gasteiger charge is 2.37. The number of rotatable bonds is 1. The number of benzene rings is 1. The van der Waals surface area contributed by atoms with Crippen LogP contribution in [0.1, 0.15) is 35.2 Å². The second kappa shape index (κ2) is 4.73. The van der Waals surface area contributed by atoms with Gasteiger partial charge in [-0.2, -0.15) is 0 Å². The summed E-state index contributed by atoms with van der Waals surface area (Å²) in [6.45, 7) is 3.81. The Labute approximate surface area is 108 Å². The Kier molecular flexibility index (Phi) is 3.08. The molecular weight excluding hydrogens is 224 g/mol. The molecule has 0 bridgehead atoms. The maximum Gasteiger partial charge on any atom is 0.254 e. The maximum absolute atomic E-state index is 12.6. The fourth-order valence-corrected chi connectivity index (χ4v) is 3.28. The van der Waals surface area contributed by atoms with Gasteiger partial charge in [0.15, 0.2) is 0 Å². The van der Waals surface area contributed by atoms with Crippen molar-refractivity contribution in [3.63, 3.8) is 0 Å². The smallest absolute Gasteiger partial charge is 0.254 e. The van der Waals surface area contributed by atoms with E-state index in [4.69, 9.17) is 0 Å². The van der Waals surface area contributed by atoms with Crippen molar-refractivity contribution in [2.75, 3.05) is 13.1 Å². The third kappa shape index (κ3) is 2.03. The van der Waals surface area contributed by atoms with Gasteiger partial charge in [0.2, 0.25) is 0 Å². The Hall–Kier alpha value is -1.35. The summed E-state index contributed by atoms with van der Waals surface area (Å²) in [5.41, 5.74) is 1.99. The van der Waals surface area contributed by atoms with E-state index < -0.39 is 0 Å². The number of hydrogen-bond donors (Lipinski definition) is 1. The van der Waals surface area contributed by atoms with Gasteiger partial charge >= 0.3 is 0 Å². The highest BCUT2D eigenvalue weighted by atomic mass is 16.2. The highest BCUT2D eigenvalue weighted by molar-refractivity contribution is 5.94. The Morgan fingerprint density at radius 2 is 2.28 bits per heavy atom. The lowest BCUT2D eigenvalue weighted by molar-refractivity contribution is 0.0599. The van der Waals surface area contributed by atoms with Gasteiger partial charge in [-0.05, 0) is 38.3 Å². The number of nitrogens with zero attached hydrogens (tertiary/aromatic N) is 1. The van der Waals surface area contributed by atoms with Crippen LogP contribution in [0.2, 0.25) is 0 Å². The van der Waals surface area contributed by atoms with Crippen molar-refractivity contribution in [1.82, 2.24) is 10.2 Å². The molecule has 0 aromatic heterocycles. The Bertz CT molecular complexity index is 458. The minimum Gasteiger partial charge on any atom is -0.333 e. The predicted molar refractivity (Wildman–Crippen MR) is 71.6 cm³/mol. The molecule has 2 fully saturated rings. The molecule has 96 valence electrons. The predicted octanol–water partition coefficient (Wildman–Crippen LogP) is 1.96. The van der Waals surface area contributed by atoms with Gasteiger partial charge in [0.25, 0.3) is 5.91 Å². The standard InChI is InChI=1S/C15H20N2O/c1-11-4-2-5-12(10-11)15(18)17-9-8-16-13-6-3-7-14(13)17/h2,4-5,10,13-14,16H,3,6-9H2,1H3. The van der Waals surface area contributed by atoms with E-state index in [9.17, 15) is 4.79 Å². The first kappa shape index (κ1) is 11.7. The van der Waals surface area contributed by atoms with E-state index >= 15 is 0 Å². The number of amides is 1. The van der Waals surface area contributed by atoms with Gasteiger partial charge < -0.3 is 10.2 Å². The molecule has 1 saturated carbocycles. The van der Waals surface area contributed by atoms with Crippen molar-refractivity contribution in [3.05, 3.63) is 35.4 Å². The number of fused-ring (bicyclic) bond motifs is 1. The molecule has 1 amide bonds. The van der Waals surface area contributed by atoms with Crippen LogP contribution in [-0.2, 0) is 0 Å². The lowest BCUT2D eigenvalue weighted by Crippen LogP contribution is -2.57. The van der Waals surface area contributed by atoms with Crippen LogP contribution in [-0.4, -0.2) is 36.0 Å². The Morgan fingerprint density at radius 3 is 3.11 bits per heavy atom. The second-order valence-corrected chi connectivity index (χ2v) is 5.43. The summed E-state index contributed by atoms with van der Waals surface area (Å²) in [5.74, 6) is 0.206. The number of carbonyl (C=O) groups excluding carboxylic acids is 1. The summed E-state index contributed by atoms with van der Waals surface area (Å²) in [6.07, 6.45) is 3.59. The molecule has 1 saturated heterocycles. The van der Waals surface area contributed by atoms with E-state index in [0.717, 1.165) is 30.6 Å². The molecule has 1 aromatic carbocycles. The minimum absolute atomic E-state index is 0.206. The van der Waals surface area contributed by atoms with Gasteiger partial charge in [0, 0.05) is 30.7 Å². The molecule has 2 atom stereocenters. The molecule has 3 nitrogen and oxygen atoms in total. The second-order valence-electron chi connectivity index (χ2n) is 5.43. The number of piperazine rings is 1. The number of carbonyl (C=O) groups is 1. The summed E-state index contributed by atoms with van der Waals surface area (Å²) in [4.78, 5) is 14.7. The Balaban J connectivity index is 1.83. The summed E-state index contributed by atoms with van der Waals surface area (Å²) in [6, 6.07) is 8.86. The van der Waals surface area contributed by atoms with Crippen molar-refractivity contribution >= 4 is 5.91 Å².